The zero-order chi connectivity index (χ0) is 19.9. The van der Waals surface area contributed by atoms with Crippen molar-refractivity contribution in [3.05, 3.63) is 95.1 Å². The Balaban J connectivity index is 1.72. The first-order valence-electron chi connectivity index (χ1n) is 8.57. The predicted octanol–water partition coefficient (Wildman–Crippen LogP) is 4.37. The second-order valence-corrected chi connectivity index (χ2v) is 5.97. The molecule has 0 bridgehead atoms. The van der Waals surface area contributed by atoms with Crippen molar-refractivity contribution in [1.82, 2.24) is 0 Å². The molecule has 5 nitrogen and oxygen atoms in total. The van der Waals surface area contributed by atoms with Crippen molar-refractivity contribution < 1.29 is 19.1 Å². The number of ether oxygens (including phenoxy) is 2. The van der Waals surface area contributed by atoms with Crippen LogP contribution in [0.3, 0.4) is 0 Å². The lowest BCUT2D eigenvalue weighted by Crippen LogP contribution is -2.12. The van der Waals surface area contributed by atoms with Crippen molar-refractivity contribution in [2.45, 2.75) is 6.61 Å². The Morgan fingerprint density at radius 3 is 2.11 bits per heavy atom. The number of methoxy groups -OCH3 is 1. The molecule has 0 unspecified atom stereocenters. The number of esters is 2. The molecule has 0 aromatic heterocycles. The third-order valence-corrected chi connectivity index (χ3v) is 4.23. The fourth-order valence-electron chi connectivity index (χ4n) is 2.79. The molecule has 0 aliphatic carbocycles. The summed E-state index contributed by atoms with van der Waals surface area (Å²) in [5, 5.41) is 9.23. The van der Waals surface area contributed by atoms with Gasteiger partial charge in [-0.1, -0.05) is 54.6 Å². The summed E-state index contributed by atoms with van der Waals surface area (Å²) in [7, 11) is 1.26. The SMILES string of the molecule is COC(=O)c1ccccc1C(=O)OCc1ccc(-c2ccccc2C#N)cc1. The minimum absolute atomic E-state index is 0.0640. The van der Waals surface area contributed by atoms with Gasteiger partial charge in [-0.25, -0.2) is 9.59 Å². The summed E-state index contributed by atoms with van der Waals surface area (Å²) in [6, 6.07) is 23.3. The third kappa shape index (κ3) is 4.08. The Kier molecular flexibility index (Phi) is 5.83. The quantitative estimate of drug-likeness (QED) is 0.623. The summed E-state index contributed by atoms with van der Waals surface area (Å²) in [6.07, 6.45) is 0. The lowest BCUT2D eigenvalue weighted by Gasteiger charge is -2.09. The smallest absolute Gasteiger partial charge is 0.339 e. The first-order valence-corrected chi connectivity index (χ1v) is 8.57. The van der Waals surface area contributed by atoms with Gasteiger partial charge < -0.3 is 9.47 Å². The topological polar surface area (TPSA) is 76.4 Å². The molecule has 5 heteroatoms. The van der Waals surface area contributed by atoms with E-state index in [1.54, 1.807) is 18.2 Å². The second kappa shape index (κ2) is 8.65. The fraction of sp³-hybridized carbons (Fsp3) is 0.0870. The highest BCUT2D eigenvalue weighted by Crippen LogP contribution is 2.23. The normalized spacial score (nSPS) is 10.0. The first-order chi connectivity index (χ1) is 13.6. The van der Waals surface area contributed by atoms with Gasteiger partial charge in [0.25, 0.3) is 0 Å². The van der Waals surface area contributed by atoms with E-state index in [2.05, 4.69) is 6.07 Å². The van der Waals surface area contributed by atoms with E-state index in [0.29, 0.717) is 5.56 Å². The Labute approximate surface area is 162 Å². The largest absolute Gasteiger partial charge is 0.465 e. The molecule has 0 fully saturated rings. The van der Waals surface area contributed by atoms with Gasteiger partial charge >= 0.3 is 11.9 Å². The van der Waals surface area contributed by atoms with Gasteiger partial charge in [0.1, 0.15) is 6.61 Å². The van der Waals surface area contributed by atoms with Crippen molar-refractivity contribution in [3.8, 4) is 17.2 Å². The van der Waals surface area contributed by atoms with E-state index in [4.69, 9.17) is 9.47 Å². The molecule has 3 rings (SSSR count). The molecule has 0 aliphatic rings. The van der Waals surface area contributed by atoms with Gasteiger partial charge in [0.05, 0.1) is 29.9 Å². The highest BCUT2D eigenvalue weighted by Gasteiger charge is 2.18. The van der Waals surface area contributed by atoms with Crippen LogP contribution in [0.25, 0.3) is 11.1 Å². The molecule has 3 aromatic rings. The van der Waals surface area contributed by atoms with Crippen LogP contribution in [-0.2, 0) is 16.1 Å². The zero-order valence-electron chi connectivity index (χ0n) is 15.2. The van der Waals surface area contributed by atoms with Crippen LogP contribution in [-0.4, -0.2) is 19.0 Å². The highest BCUT2D eigenvalue weighted by molar-refractivity contribution is 6.03. The molecule has 3 aromatic carbocycles. The number of rotatable bonds is 5. The van der Waals surface area contributed by atoms with Crippen molar-refractivity contribution in [1.29, 1.82) is 5.26 Å². The van der Waals surface area contributed by atoms with E-state index in [1.165, 1.54) is 19.2 Å². The number of benzene rings is 3. The Morgan fingerprint density at radius 2 is 1.46 bits per heavy atom. The number of hydrogen-bond acceptors (Lipinski definition) is 5. The van der Waals surface area contributed by atoms with E-state index >= 15 is 0 Å². The summed E-state index contributed by atoms with van der Waals surface area (Å²) in [4.78, 5) is 24.1. The summed E-state index contributed by atoms with van der Waals surface area (Å²) >= 11 is 0. The zero-order valence-corrected chi connectivity index (χ0v) is 15.2. The minimum Gasteiger partial charge on any atom is -0.465 e. The highest BCUT2D eigenvalue weighted by atomic mass is 16.5. The molecule has 0 saturated carbocycles. The van der Waals surface area contributed by atoms with Gasteiger partial charge in [-0.05, 0) is 34.9 Å². The lowest BCUT2D eigenvalue weighted by molar-refractivity contribution is 0.0457. The average molecular weight is 371 g/mol. The van der Waals surface area contributed by atoms with Crippen LogP contribution in [0.4, 0.5) is 0 Å². The number of hydrogen-bond donors (Lipinski definition) is 0. The summed E-state index contributed by atoms with van der Waals surface area (Å²) in [5.41, 5.74) is 3.47. The van der Waals surface area contributed by atoms with Crippen LogP contribution in [0.5, 0.6) is 0 Å². The molecule has 0 aliphatic heterocycles. The molecular weight excluding hydrogens is 354 g/mol. The van der Waals surface area contributed by atoms with Crippen LogP contribution < -0.4 is 0 Å². The number of nitriles is 1. The summed E-state index contributed by atoms with van der Waals surface area (Å²) in [5.74, 6) is -1.19. The van der Waals surface area contributed by atoms with Crippen molar-refractivity contribution >= 4 is 11.9 Å². The van der Waals surface area contributed by atoms with Crippen molar-refractivity contribution in [2.75, 3.05) is 7.11 Å². The van der Waals surface area contributed by atoms with Gasteiger partial charge in [-0.15, -0.1) is 0 Å². The third-order valence-electron chi connectivity index (χ3n) is 4.23. The van der Waals surface area contributed by atoms with E-state index < -0.39 is 11.9 Å². The van der Waals surface area contributed by atoms with Crippen molar-refractivity contribution in [2.24, 2.45) is 0 Å². The van der Waals surface area contributed by atoms with E-state index in [1.807, 2.05) is 42.5 Å². The van der Waals surface area contributed by atoms with E-state index in [0.717, 1.165) is 16.7 Å². The van der Waals surface area contributed by atoms with Crippen LogP contribution >= 0.6 is 0 Å². The number of carbonyl (C=O) groups is 2. The predicted molar refractivity (Wildman–Crippen MR) is 103 cm³/mol. The Bertz CT molecular complexity index is 1050. The molecule has 0 atom stereocenters. The van der Waals surface area contributed by atoms with Gasteiger partial charge in [0.15, 0.2) is 0 Å². The molecule has 0 heterocycles. The number of carbonyl (C=O) groups excluding carboxylic acids is 2. The first kappa shape index (κ1) is 18.9. The molecule has 0 saturated heterocycles. The van der Waals surface area contributed by atoms with Crippen LogP contribution in [0, 0.1) is 11.3 Å². The summed E-state index contributed by atoms with van der Waals surface area (Å²) in [6.45, 7) is 0.0640. The van der Waals surface area contributed by atoms with Crippen LogP contribution in [0.1, 0.15) is 31.8 Å². The molecule has 0 amide bonds. The monoisotopic (exact) mass is 371 g/mol. The lowest BCUT2D eigenvalue weighted by atomic mass is 9.99. The Hall–Kier alpha value is -3.91. The average Bonchev–Trinajstić information content (AvgIpc) is 2.77. The van der Waals surface area contributed by atoms with Crippen LogP contribution in [0.15, 0.2) is 72.8 Å². The fourth-order valence-corrected chi connectivity index (χ4v) is 2.79. The molecule has 0 radical (unpaired) electrons. The second-order valence-electron chi connectivity index (χ2n) is 5.97. The molecule has 0 spiro atoms. The molecular formula is C23H17NO4. The molecule has 0 N–H and O–H groups in total. The Morgan fingerprint density at radius 1 is 0.857 bits per heavy atom. The van der Waals surface area contributed by atoms with Gasteiger partial charge in [-0.3, -0.25) is 0 Å². The minimum atomic E-state index is -0.597. The maximum atomic E-state index is 12.4. The van der Waals surface area contributed by atoms with E-state index in [9.17, 15) is 14.9 Å². The maximum Gasteiger partial charge on any atom is 0.339 e. The standard InChI is InChI=1S/C23H17NO4/c1-27-22(25)20-8-4-5-9-21(20)23(26)28-15-16-10-12-17(13-11-16)19-7-3-2-6-18(19)14-24/h2-13H,15H2,1H3. The van der Waals surface area contributed by atoms with Gasteiger partial charge in [-0.2, -0.15) is 5.26 Å². The summed E-state index contributed by atoms with van der Waals surface area (Å²) < 4.78 is 10.0. The number of nitrogens with zero attached hydrogens (tertiary/aromatic N) is 1. The van der Waals surface area contributed by atoms with E-state index in [-0.39, 0.29) is 17.7 Å². The molecule has 138 valence electrons. The molecule has 28 heavy (non-hydrogen) atoms. The van der Waals surface area contributed by atoms with Crippen LogP contribution in [0.2, 0.25) is 0 Å². The van der Waals surface area contributed by atoms with Crippen molar-refractivity contribution in [3.63, 3.8) is 0 Å². The van der Waals surface area contributed by atoms with Gasteiger partial charge in [0.2, 0.25) is 0 Å². The van der Waals surface area contributed by atoms with Gasteiger partial charge in [0, 0.05) is 0 Å². The maximum absolute atomic E-state index is 12.4.